The summed E-state index contributed by atoms with van der Waals surface area (Å²) in [5.74, 6) is -0.880. The van der Waals surface area contributed by atoms with Gasteiger partial charge in [0.05, 0.1) is 11.2 Å². The smallest absolute Gasteiger partial charge is 0.347 e. The molecule has 1 aromatic rings. The minimum atomic E-state index is -0.880. The maximum Gasteiger partial charge on any atom is 0.347 e. The van der Waals surface area contributed by atoms with E-state index in [1.807, 2.05) is 0 Å². The molecular formula is C5H4INO2S. The van der Waals surface area contributed by atoms with Gasteiger partial charge in [-0.1, -0.05) is 22.6 Å². The molecule has 5 heteroatoms. The number of halogens is 1. The van der Waals surface area contributed by atoms with Crippen molar-refractivity contribution in [1.29, 1.82) is 0 Å². The Hall–Kier alpha value is -0.170. The van der Waals surface area contributed by atoms with Crippen LogP contribution in [-0.2, 0) is 4.43 Å². The second-order valence-electron chi connectivity index (χ2n) is 1.57. The van der Waals surface area contributed by atoms with Crippen LogP contribution in [0.3, 0.4) is 0 Å². The van der Waals surface area contributed by atoms with Gasteiger partial charge < -0.3 is 5.11 Å². The number of hydrogen-bond donors (Lipinski definition) is 1. The molecule has 0 spiro atoms. The van der Waals surface area contributed by atoms with Crippen LogP contribution in [0.25, 0.3) is 0 Å². The van der Waals surface area contributed by atoms with E-state index in [0.29, 0.717) is 15.0 Å². The lowest BCUT2D eigenvalue weighted by Crippen LogP contribution is -1.96. The number of carbonyl (C=O) groups is 1. The first-order chi connectivity index (χ1) is 4.75. The highest BCUT2D eigenvalue weighted by atomic mass is 127. The second-order valence-corrected chi connectivity index (χ2v) is 3.18. The molecular weight excluding hydrogens is 265 g/mol. The lowest BCUT2D eigenvalue weighted by molar-refractivity contribution is 0.0701. The van der Waals surface area contributed by atoms with E-state index in [0.717, 1.165) is 0 Å². The number of thiazole rings is 1. The van der Waals surface area contributed by atoms with Gasteiger partial charge in [-0.25, -0.2) is 9.78 Å². The van der Waals surface area contributed by atoms with E-state index >= 15 is 0 Å². The van der Waals surface area contributed by atoms with Gasteiger partial charge in [0.25, 0.3) is 0 Å². The first-order valence-electron chi connectivity index (χ1n) is 2.47. The first-order valence-corrected chi connectivity index (χ1v) is 4.88. The summed E-state index contributed by atoms with van der Waals surface area (Å²) in [6, 6.07) is 0. The molecule has 1 rings (SSSR count). The van der Waals surface area contributed by atoms with Crippen molar-refractivity contribution in [3.05, 3.63) is 16.1 Å². The predicted octanol–water partition coefficient (Wildman–Crippen LogP) is 1.78. The van der Waals surface area contributed by atoms with E-state index in [4.69, 9.17) is 5.11 Å². The third-order valence-electron chi connectivity index (χ3n) is 0.962. The number of alkyl halides is 1. The van der Waals surface area contributed by atoms with Crippen molar-refractivity contribution in [2.75, 3.05) is 0 Å². The zero-order chi connectivity index (χ0) is 7.56. The highest BCUT2D eigenvalue weighted by molar-refractivity contribution is 14.1. The fraction of sp³-hybridized carbons (Fsp3) is 0.200. The van der Waals surface area contributed by atoms with Crippen LogP contribution < -0.4 is 0 Å². The zero-order valence-electron chi connectivity index (χ0n) is 4.87. The van der Waals surface area contributed by atoms with Gasteiger partial charge >= 0.3 is 5.97 Å². The molecule has 1 N–H and O–H groups in total. The van der Waals surface area contributed by atoms with Gasteiger partial charge in [-0.3, -0.25) is 0 Å². The van der Waals surface area contributed by atoms with Crippen molar-refractivity contribution in [2.24, 2.45) is 0 Å². The second kappa shape index (κ2) is 3.29. The SMILES string of the molecule is O=C(O)c1scnc1CI. The molecule has 0 unspecified atom stereocenters. The molecule has 54 valence electrons. The Morgan fingerprint density at radius 2 is 2.60 bits per heavy atom. The molecule has 1 heterocycles. The average Bonchev–Trinajstić information content (AvgIpc) is 2.33. The molecule has 0 bridgehead atoms. The largest absolute Gasteiger partial charge is 0.477 e. The molecule has 3 nitrogen and oxygen atoms in total. The van der Waals surface area contributed by atoms with E-state index in [9.17, 15) is 4.79 Å². The van der Waals surface area contributed by atoms with Crippen molar-refractivity contribution in [2.45, 2.75) is 4.43 Å². The maximum absolute atomic E-state index is 10.4. The van der Waals surface area contributed by atoms with Crippen molar-refractivity contribution < 1.29 is 9.90 Å². The summed E-state index contributed by atoms with van der Waals surface area (Å²) >= 11 is 3.26. The first kappa shape index (κ1) is 7.93. The summed E-state index contributed by atoms with van der Waals surface area (Å²) in [6.07, 6.45) is 0. The fourth-order valence-corrected chi connectivity index (χ4v) is 2.02. The van der Waals surface area contributed by atoms with Gasteiger partial charge in [-0.05, 0) is 0 Å². The normalized spacial score (nSPS) is 9.70. The Morgan fingerprint density at radius 1 is 1.90 bits per heavy atom. The third-order valence-corrected chi connectivity index (χ3v) is 2.54. The summed E-state index contributed by atoms with van der Waals surface area (Å²) in [7, 11) is 0. The highest BCUT2D eigenvalue weighted by Crippen LogP contribution is 2.15. The van der Waals surface area contributed by atoms with Crippen LogP contribution in [0.5, 0.6) is 0 Å². The summed E-state index contributed by atoms with van der Waals surface area (Å²) in [5, 5.41) is 8.55. The molecule has 0 amide bonds. The zero-order valence-corrected chi connectivity index (χ0v) is 7.85. The molecule has 0 saturated heterocycles. The molecule has 0 aromatic carbocycles. The van der Waals surface area contributed by atoms with Crippen LogP contribution in [0.4, 0.5) is 0 Å². The van der Waals surface area contributed by atoms with E-state index in [2.05, 4.69) is 27.6 Å². The van der Waals surface area contributed by atoms with Gasteiger partial charge in [0.1, 0.15) is 4.88 Å². The van der Waals surface area contributed by atoms with Crippen molar-refractivity contribution in [1.82, 2.24) is 4.98 Å². The Kier molecular flexibility index (Phi) is 2.61. The maximum atomic E-state index is 10.4. The highest BCUT2D eigenvalue weighted by Gasteiger charge is 2.10. The molecule has 0 aliphatic rings. The van der Waals surface area contributed by atoms with Gasteiger partial charge in [-0.2, -0.15) is 0 Å². The number of aromatic carboxylic acids is 1. The summed E-state index contributed by atoms with van der Waals surface area (Å²) in [5.41, 5.74) is 2.22. The van der Waals surface area contributed by atoms with Crippen LogP contribution in [0.1, 0.15) is 15.4 Å². The Bertz CT molecular complexity index is 248. The molecule has 0 aliphatic carbocycles. The Morgan fingerprint density at radius 3 is 3.00 bits per heavy atom. The lowest BCUT2D eigenvalue weighted by Gasteiger charge is -1.88. The van der Waals surface area contributed by atoms with Crippen LogP contribution >= 0.6 is 33.9 Å². The molecule has 10 heavy (non-hydrogen) atoms. The average molecular weight is 269 g/mol. The van der Waals surface area contributed by atoms with Crippen molar-refractivity contribution in [3.63, 3.8) is 0 Å². The minimum absolute atomic E-state index is 0.356. The Labute approximate surface area is 75.2 Å². The van der Waals surface area contributed by atoms with E-state index in [1.165, 1.54) is 11.3 Å². The summed E-state index contributed by atoms with van der Waals surface area (Å²) < 4.78 is 0.656. The molecule has 0 radical (unpaired) electrons. The van der Waals surface area contributed by atoms with Gasteiger partial charge in [0.15, 0.2) is 0 Å². The molecule has 0 fully saturated rings. The van der Waals surface area contributed by atoms with Crippen LogP contribution in [0, 0.1) is 0 Å². The topological polar surface area (TPSA) is 50.2 Å². The molecule has 1 aromatic heterocycles. The van der Waals surface area contributed by atoms with Gasteiger partial charge in [0, 0.05) is 4.43 Å². The molecule has 0 saturated carbocycles. The van der Waals surface area contributed by atoms with E-state index < -0.39 is 5.97 Å². The van der Waals surface area contributed by atoms with Gasteiger partial charge in [0.2, 0.25) is 0 Å². The number of aromatic nitrogens is 1. The monoisotopic (exact) mass is 269 g/mol. The summed E-state index contributed by atoms with van der Waals surface area (Å²) in [6.45, 7) is 0. The number of carboxylic acid groups (broad SMARTS) is 1. The van der Waals surface area contributed by atoms with E-state index in [1.54, 1.807) is 5.51 Å². The summed E-state index contributed by atoms with van der Waals surface area (Å²) in [4.78, 5) is 14.7. The fourth-order valence-electron chi connectivity index (χ4n) is 0.538. The van der Waals surface area contributed by atoms with Crippen LogP contribution in [0.15, 0.2) is 5.51 Å². The predicted molar refractivity (Wildman–Crippen MR) is 46.8 cm³/mol. The number of carboxylic acids is 1. The molecule has 0 aliphatic heterocycles. The number of rotatable bonds is 2. The third kappa shape index (κ3) is 1.46. The Balaban J connectivity index is 3.01. The quantitative estimate of drug-likeness (QED) is 0.657. The number of hydrogen-bond acceptors (Lipinski definition) is 3. The van der Waals surface area contributed by atoms with E-state index in [-0.39, 0.29) is 0 Å². The lowest BCUT2D eigenvalue weighted by atomic mass is 10.4. The van der Waals surface area contributed by atoms with Crippen molar-refractivity contribution >= 4 is 39.9 Å². The molecule has 0 atom stereocenters. The number of nitrogens with zero attached hydrogens (tertiary/aromatic N) is 1. The standard InChI is InChI=1S/C5H4INO2S/c6-1-3-4(5(8)9)10-2-7-3/h2H,1H2,(H,8,9). The van der Waals surface area contributed by atoms with Gasteiger partial charge in [-0.15, -0.1) is 11.3 Å². The van der Waals surface area contributed by atoms with Crippen molar-refractivity contribution in [3.8, 4) is 0 Å². The minimum Gasteiger partial charge on any atom is -0.477 e. The van der Waals surface area contributed by atoms with Crippen LogP contribution in [0.2, 0.25) is 0 Å². The van der Waals surface area contributed by atoms with Crippen LogP contribution in [-0.4, -0.2) is 16.1 Å².